The highest BCUT2D eigenvalue weighted by Gasteiger charge is 2.21. The molecule has 8 heteroatoms. The van der Waals surface area contributed by atoms with Crippen LogP contribution in [0, 0.1) is 0 Å². The molecule has 3 aromatic rings. The van der Waals surface area contributed by atoms with E-state index in [-0.39, 0.29) is 30.8 Å². The number of benzene rings is 2. The lowest BCUT2D eigenvalue weighted by Gasteiger charge is -2.34. The Morgan fingerprint density at radius 3 is 2.54 bits per heavy atom. The third-order valence-corrected chi connectivity index (χ3v) is 6.57. The lowest BCUT2D eigenvalue weighted by atomic mass is 10.0. The lowest BCUT2D eigenvalue weighted by Crippen LogP contribution is -2.44. The van der Waals surface area contributed by atoms with Crippen LogP contribution in [0.25, 0.3) is 12.2 Å². The van der Waals surface area contributed by atoms with Crippen LogP contribution in [-0.4, -0.2) is 47.2 Å². The molecule has 0 aliphatic carbocycles. The van der Waals surface area contributed by atoms with Gasteiger partial charge < -0.3 is 19.5 Å². The molecule has 0 saturated carbocycles. The number of nitrogens with zero attached hydrogens (tertiary/aromatic N) is 3. The Morgan fingerprint density at radius 1 is 1.08 bits per heavy atom. The number of anilines is 1. The third-order valence-electron chi connectivity index (χ3n) is 6.35. The molecule has 0 bridgehead atoms. The van der Waals surface area contributed by atoms with Gasteiger partial charge in [0.05, 0.1) is 19.4 Å². The summed E-state index contributed by atoms with van der Waals surface area (Å²) in [5.41, 5.74) is 4.47. The number of esters is 1. The standard InChI is InChI=1S/C29H33ClN4O3/c1-2-37-29(36)10-9-28(35)32-26-11-14-34(15-12-26)27-7-5-22(6-8-27)3-4-23-17-24(19-25(30)18-23)20-33-16-13-31-21-33/h3-8,13,16-19,21,26H,2,9-12,14-15,20H2,1H3,(H,32,35)/b4-3+. The van der Waals surface area contributed by atoms with Gasteiger partial charge in [-0.05, 0) is 66.8 Å². The third kappa shape index (κ3) is 8.22. The molecule has 1 aromatic heterocycles. The Hall–Kier alpha value is -3.58. The number of carbonyl (C=O) groups is 2. The first-order valence-electron chi connectivity index (χ1n) is 12.7. The largest absolute Gasteiger partial charge is 0.466 e. The van der Waals surface area contributed by atoms with Crippen molar-refractivity contribution >= 4 is 41.3 Å². The van der Waals surface area contributed by atoms with Crippen molar-refractivity contribution in [1.82, 2.24) is 14.9 Å². The molecular formula is C29H33ClN4O3. The smallest absolute Gasteiger partial charge is 0.306 e. The minimum absolute atomic E-state index is 0.0869. The van der Waals surface area contributed by atoms with Crippen molar-refractivity contribution < 1.29 is 14.3 Å². The summed E-state index contributed by atoms with van der Waals surface area (Å²) in [6, 6.07) is 14.7. The Bertz CT molecular complexity index is 1200. The Balaban J connectivity index is 1.26. The normalized spacial score (nSPS) is 14.2. The molecular weight excluding hydrogens is 488 g/mol. The van der Waals surface area contributed by atoms with E-state index in [1.54, 1.807) is 19.4 Å². The molecule has 1 saturated heterocycles. The maximum atomic E-state index is 12.1. The van der Waals surface area contributed by atoms with Gasteiger partial charge in [0.15, 0.2) is 0 Å². The van der Waals surface area contributed by atoms with Crippen molar-refractivity contribution in [3.05, 3.63) is 82.9 Å². The van der Waals surface area contributed by atoms with Gasteiger partial charge in [-0.2, -0.15) is 0 Å². The van der Waals surface area contributed by atoms with Crippen LogP contribution < -0.4 is 10.2 Å². The molecule has 1 amide bonds. The number of aromatic nitrogens is 2. The van der Waals surface area contributed by atoms with E-state index in [4.69, 9.17) is 16.3 Å². The van der Waals surface area contributed by atoms with E-state index in [1.165, 1.54) is 5.69 Å². The van der Waals surface area contributed by atoms with Crippen molar-refractivity contribution in [2.45, 2.75) is 45.2 Å². The van der Waals surface area contributed by atoms with Crippen LogP contribution in [0.1, 0.15) is 49.3 Å². The first kappa shape index (κ1) is 26.5. The summed E-state index contributed by atoms with van der Waals surface area (Å²) in [7, 11) is 0. The zero-order valence-electron chi connectivity index (χ0n) is 21.1. The molecule has 0 unspecified atom stereocenters. The number of rotatable bonds is 10. The number of nitrogens with one attached hydrogen (secondary N) is 1. The molecule has 37 heavy (non-hydrogen) atoms. The average Bonchev–Trinajstić information content (AvgIpc) is 3.40. The highest BCUT2D eigenvalue weighted by atomic mass is 35.5. The van der Waals surface area contributed by atoms with Gasteiger partial charge in [0.2, 0.25) is 5.91 Å². The number of imidazole rings is 1. The topological polar surface area (TPSA) is 76.5 Å². The first-order valence-corrected chi connectivity index (χ1v) is 13.1. The molecule has 2 heterocycles. The van der Waals surface area contributed by atoms with E-state index in [0.717, 1.165) is 49.2 Å². The summed E-state index contributed by atoms with van der Waals surface area (Å²) in [6.45, 7) is 4.58. The van der Waals surface area contributed by atoms with Gasteiger partial charge in [0.25, 0.3) is 0 Å². The molecule has 2 aromatic carbocycles. The fourth-order valence-electron chi connectivity index (χ4n) is 4.47. The second kappa shape index (κ2) is 13.1. The zero-order valence-corrected chi connectivity index (χ0v) is 21.9. The van der Waals surface area contributed by atoms with Crippen LogP contribution in [-0.2, 0) is 20.9 Å². The van der Waals surface area contributed by atoms with E-state index in [9.17, 15) is 9.59 Å². The fourth-order valence-corrected chi connectivity index (χ4v) is 4.74. The minimum Gasteiger partial charge on any atom is -0.466 e. The minimum atomic E-state index is -0.325. The van der Waals surface area contributed by atoms with Gasteiger partial charge in [-0.1, -0.05) is 35.9 Å². The monoisotopic (exact) mass is 520 g/mol. The SMILES string of the molecule is CCOC(=O)CCC(=O)NC1CCN(c2ccc(/C=C/c3cc(Cl)cc(Cn4ccnc4)c3)cc2)CC1. The van der Waals surface area contributed by atoms with Gasteiger partial charge >= 0.3 is 5.97 Å². The summed E-state index contributed by atoms with van der Waals surface area (Å²) in [5, 5.41) is 3.77. The summed E-state index contributed by atoms with van der Waals surface area (Å²) < 4.78 is 6.90. The number of hydrogen-bond donors (Lipinski definition) is 1. The van der Waals surface area contributed by atoms with Crippen molar-refractivity contribution in [3.63, 3.8) is 0 Å². The van der Waals surface area contributed by atoms with Gasteiger partial charge in [-0.3, -0.25) is 9.59 Å². The Labute approximate surface area is 223 Å². The molecule has 194 valence electrons. The van der Waals surface area contributed by atoms with Gasteiger partial charge in [0, 0.05) is 55.2 Å². The van der Waals surface area contributed by atoms with E-state index >= 15 is 0 Å². The predicted octanol–water partition coefficient (Wildman–Crippen LogP) is 5.18. The van der Waals surface area contributed by atoms with Crippen molar-refractivity contribution in [2.24, 2.45) is 0 Å². The highest BCUT2D eigenvalue weighted by Crippen LogP contribution is 2.22. The number of hydrogen-bond acceptors (Lipinski definition) is 5. The number of carbonyl (C=O) groups excluding carboxylic acids is 2. The van der Waals surface area contributed by atoms with E-state index in [0.29, 0.717) is 11.6 Å². The second-order valence-corrected chi connectivity index (χ2v) is 9.62. The predicted molar refractivity (Wildman–Crippen MR) is 147 cm³/mol. The molecule has 1 fully saturated rings. The van der Waals surface area contributed by atoms with Gasteiger partial charge in [-0.15, -0.1) is 0 Å². The van der Waals surface area contributed by atoms with E-state index < -0.39 is 0 Å². The number of halogens is 1. The molecule has 0 spiro atoms. The number of ether oxygens (including phenoxy) is 1. The van der Waals surface area contributed by atoms with Crippen LogP contribution in [0.15, 0.2) is 61.2 Å². The fraction of sp³-hybridized carbons (Fsp3) is 0.345. The van der Waals surface area contributed by atoms with Crippen LogP contribution >= 0.6 is 11.6 Å². The maximum absolute atomic E-state index is 12.1. The summed E-state index contributed by atoms with van der Waals surface area (Å²) in [6.07, 6.45) is 11.7. The summed E-state index contributed by atoms with van der Waals surface area (Å²) in [5.74, 6) is -0.412. The van der Waals surface area contributed by atoms with E-state index in [2.05, 4.69) is 57.7 Å². The molecule has 0 radical (unpaired) electrons. The Morgan fingerprint density at radius 2 is 1.84 bits per heavy atom. The molecule has 0 atom stereocenters. The van der Waals surface area contributed by atoms with Crippen LogP contribution in [0.5, 0.6) is 0 Å². The first-order chi connectivity index (χ1) is 18.0. The molecule has 4 rings (SSSR count). The highest BCUT2D eigenvalue weighted by molar-refractivity contribution is 6.30. The van der Waals surface area contributed by atoms with Gasteiger partial charge in [0.1, 0.15) is 0 Å². The molecule has 1 aliphatic rings. The van der Waals surface area contributed by atoms with Crippen LogP contribution in [0.4, 0.5) is 5.69 Å². The maximum Gasteiger partial charge on any atom is 0.306 e. The lowest BCUT2D eigenvalue weighted by molar-refractivity contribution is -0.144. The summed E-state index contributed by atoms with van der Waals surface area (Å²) >= 11 is 6.35. The Kier molecular flexibility index (Phi) is 9.38. The number of amides is 1. The molecule has 1 aliphatic heterocycles. The van der Waals surface area contributed by atoms with Crippen molar-refractivity contribution in [2.75, 3.05) is 24.6 Å². The van der Waals surface area contributed by atoms with Gasteiger partial charge in [-0.25, -0.2) is 4.98 Å². The second-order valence-electron chi connectivity index (χ2n) is 9.19. The molecule has 7 nitrogen and oxygen atoms in total. The number of piperidine rings is 1. The quantitative estimate of drug-likeness (QED) is 0.294. The van der Waals surface area contributed by atoms with Crippen molar-refractivity contribution in [3.8, 4) is 0 Å². The average molecular weight is 521 g/mol. The van der Waals surface area contributed by atoms with Crippen LogP contribution in [0.2, 0.25) is 5.02 Å². The summed E-state index contributed by atoms with van der Waals surface area (Å²) in [4.78, 5) is 30.0. The molecule has 1 N–H and O–H groups in total. The zero-order chi connectivity index (χ0) is 26.0. The van der Waals surface area contributed by atoms with Crippen molar-refractivity contribution in [1.29, 1.82) is 0 Å². The van der Waals surface area contributed by atoms with Crippen LogP contribution in [0.3, 0.4) is 0 Å². The van der Waals surface area contributed by atoms with E-state index in [1.807, 2.05) is 22.9 Å².